The SMILES string of the molecule is CC.Cc1ccc(OCC(=O)OC(C)(C)C)cc1C=O. The van der Waals surface area contributed by atoms with Crippen LogP contribution in [-0.4, -0.2) is 24.5 Å². The third-order valence-corrected chi connectivity index (χ3v) is 2.15. The lowest BCUT2D eigenvalue weighted by Crippen LogP contribution is -2.27. The van der Waals surface area contributed by atoms with Crippen molar-refractivity contribution in [2.75, 3.05) is 6.61 Å². The molecule has 0 fully saturated rings. The summed E-state index contributed by atoms with van der Waals surface area (Å²) in [6, 6.07) is 5.09. The second kappa shape index (κ2) is 8.35. The van der Waals surface area contributed by atoms with E-state index in [1.807, 2.05) is 20.8 Å². The number of carbonyl (C=O) groups is 2. The molecule has 0 aliphatic rings. The number of rotatable bonds is 4. The van der Waals surface area contributed by atoms with Gasteiger partial charge in [0, 0.05) is 5.56 Å². The van der Waals surface area contributed by atoms with Crippen LogP contribution in [0.15, 0.2) is 18.2 Å². The number of esters is 1. The molecule has 1 aromatic rings. The smallest absolute Gasteiger partial charge is 0.344 e. The van der Waals surface area contributed by atoms with Gasteiger partial charge in [0.05, 0.1) is 0 Å². The average Bonchev–Trinajstić information content (AvgIpc) is 2.38. The molecule has 1 rings (SSSR count). The number of benzene rings is 1. The van der Waals surface area contributed by atoms with Crippen molar-refractivity contribution in [3.05, 3.63) is 29.3 Å². The van der Waals surface area contributed by atoms with Crippen LogP contribution < -0.4 is 4.74 Å². The van der Waals surface area contributed by atoms with Crippen LogP contribution in [0.1, 0.15) is 50.5 Å². The number of carbonyl (C=O) groups excluding carboxylic acids is 2. The molecule has 0 saturated carbocycles. The molecule has 4 heteroatoms. The summed E-state index contributed by atoms with van der Waals surface area (Å²) in [6.07, 6.45) is 0.760. The number of aldehydes is 1. The zero-order valence-corrected chi connectivity index (χ0v) is 13.1. The molecule has 20 heavy (non-hydrogen) atoms. The molecule has 112 valence electrons. The van der Waals surface area contributed by atoms with Crippen LogP contribution in [0.5, 0.6) is 5.75 Å². The summed E-state index contributed by atoms with van der Waals surface area (Å²) >= 11 is 0. The van der Waals surface area contributed by atoms with E-state index in [-0.39, 0.29) is 6.61 Å². The van der Waals surface area contributed by atoms with Crippen molar-refractivity contribution in [1.29, 1.82) is 0 Å². The maximum absolute atomic E-state index is 11.4. The lowest BCUT2D eigenvalue weighted by atomic mass is 10.1. The zero-order chi connectivity index (χ0) is 15.8. The first-order valence-electron chi connectivity index (χ1n) is 6.72. The minimum Gasteiger partial charge on any atom is -0.482 e. The average molecular weight is 280 g/mol. The molecular formula is C16H24O4. The van der Waals surface area contributed by atoms with Gasteiger partial charge in [-0.15, -0.1) is 0 Å². The van der Waals surface area contributed by atoms with E-state index >= 15 is 0 Å². The van der Waals surface area contributed by atoms with Crippen LogP contribution in [0.2, 0.25) is 0 Å². The van der Waals surface area contributed by atoms with Crippen LogP contribution in [0.25, 0.3) is 0 Å². The maximum Gasteiger partial charge on any atom is 0.344 e. The third kappa shape index (κ3) is 6.92. The molecule has 0 saturated heterocycles. The van der Waals surface area contributed by atoms with Gasteiger partial charge in [-0.25, -0.2) is 4.79 Å². The summed E-state index contributed by atoms with van der Waals surface area (Å²) in [7, 11) is 0. The second-order valence-electron chi connectivity index (χ2n) is 5.01. The summed E-state index contributed by atoms with van der Waals surface area (Å²) < 4.78 is 10.4. The van der Waals surface area contributed by atoms with Gasteiger partial charge in [-0.3, -0.25) is 4.79 Å². The van der Waals surface area contributed by atoms with Gasteiger partial charge in [-0.2, -0.15) is 0 Å². The highest BCUT2D eigenvalue weighted by molar-refractivity contribution is 5.78. The molecule has 0 atom stereocenters. The Morgan fingerprint density at radius 3 is 2.35 bits per heavy atom. The van der Waals surface area contributed by atoms with Crippen molar-refractivity contribution < 1.29 is 19.1 Å². The standard InChI is InChI=1S/C14H18O4.C2H6/c1-10-5-6-12(7-11(10)8-15)17-9-13(16)18-14(2,3)4;1-2/h5-8H,9H2,1-4H3;1-2H3. The molecule has 0 heterocycles. The summed E-state index contributed by atoms with van der Waals surface area (Å²) in [5.74, 6) is 0.0456. The van der Waals surface area contributed by atoms with E-state index in [0.717, 1.165) is 11.8 Å². The van der Waals surface area contributed by atoms with E-state index in [9.17, 15) is 9.59 Å². The van der Waals surface area contributed by atoms with Crippen LogP contribution in [0.3, 0.4) is 0 Å². The fourth-order valence-corrected chi connectivity index (χ4v) is 1.35. The number of hydrogen-bond acceptors (Lipinski definition) is 4. The molecule has 0 unspecified atom stereocenters. The van der Waals surface area contributed by atoms with Gasteiger partial charge in [-0.05, 0) is 45.4 Å². The van der Waals surface area contributed by atoms with E-state index in [1.165, 1.54) is 0 Å². The van der Waals surface area contributed by atoms with E-state index in [1.54, 1.807) is 39.0 Å². The van der Waals surface area contributed by atoms with E-state index in [0.29, 0.717) is 11.3 Å². The second-order valence-corrected chi connectivity index (χ2v) is 5.01. The predicted molar refractivity (Wildman–Crippen MR) is 79.3 cm³/mol. The van der Waals surface area contributed by atoms with Crippen LogP contribution in [-0.2, 0) is 9.53 Å². The molecule has 0 amide bonds. The van der Waals surface area contributed by atoms with E-state index < -0.39 is 11.6 Å². The monoisotopic (exact) mass is 280 g/mol. The van der Waals surface area contributed by atoms with Crippen molar-refractivity contribution in [3.63, 3.8) is 0 Å². The Balaban J connectivity index is 0.00000172. The quantitative estimate of drug-likeness (QED) is 0.625. The minimum atomic E-state index is -0.526. The molecule has 0 aliphatic heterocycles. The molecule has 1 aromatic carbocycles. The van der Waals surface area contributed by atoms with Crippen molar-refractivity contribution in [3.8, 4) is 5.75 Å². The normalized spacial score (nSPS) is 10.1. The van der Waals surface area contributed by atoms with Gasteiger partial charge in [0.15, 0.2) is 6.61 Å². The van der Waals surface area contributed by atoms with Crippen molar-refractivity contribution in [2.24, 2.45) is 0 Å². The largest absolute Gasteiger partial charge is 0.482 e. The Kier molecular flexibility index (Phi) is 7.59. The van der Waals surface area contributed by atoms with Crippen LogP contribution >= 0.6 is 0 Å². The zero-order valence-electron chi connectivity index (χ0n) is 13.1. The van der Waals surface area contributed by atoms with Gasteiger partial charge in [-0.1, -0.05) is 19.9 Å². The highest BCUT2D eigenvalue weighted by Gasteiger charge is 2.16. The van der Waals surface area contributed by atoms with E-state index in [2.05, 4.69) is 0 Å². The lowest BCUT2D eigenvalue weighted by Gasteiger charge is -2.19. The Morgan fingerprint density at radius 1 is 1.25 bits per heavy atom. The molecule has 0 bridgehead atoms. The Hall–Kier alpha value is -1.84. The minimum absolute atomic E-state index is 0.168. The Bertz CT molecular complexity index is 444. The lowest BCUT2D eigenvalue weighted by molar-refractivity contribution is -0.157. The summed E-state index contributed by atoms with van der Waals surface area (Å²) in [6.45, 7) is 11.0. The Morgan fingerprint density at radius 2 is 1.85 bits per heavy atom. The third-order valence-electron chi connectivity index (χ3n) is 2.15. The summed E-state index contributed by atoms with van der Waals surface area (Å²) in [4.78, 5) is 22.2. The fourth-order valence-electron chi connectivity index (χ4n) is 1.35. The van der Waals surface area contributed by atoms with Crippen molar-refractivity contribution in [2.45, 2.75) is 47.1 Å². The van der Waals surface area contributed by atoms with Crippen molar-refractivity contribution in [1.82, 2.24) is 0 Å². The maximum atomic E-state index is 11.4. The topological polar surface area (TPSA) is 52.6 Å². The highest BCUT2D eigenvalue weighted by Crippen LogP contribution is 2.16. The van der Waals surface area contributed by atoms with Crippen molar-refractivity contribution >= 4 is 12.3 Å². The first-order valence-corrected chi connectivity index (χ1v) is 6.72. The first-order chi connectivity index (χ1) is 9.31. The number of aryl methyl sites for hydroxylation is 1. The number of ether oxygens (including phenoxy) is 2. The molecule has 0 spiro atoms. The van der Waals surface area contributed by atoms with Gasteiger partial charge < -0.3 is 9.47 Å². The van der Waals surface area contributed by atoms with Gasteiger partial charge >= 0.3 is 5.97 Å². The van der Waals surface area contributed by atoms with Gasteiger partial charge in [0.25, 0.3) is 0 Å². The van der Waals surface area contributed by atoms with E-state index in [4.69, 9.17) is 9.47 Å². The molecule has 0 aromatic heterocycles. The fraction of sp³-hybridized carbons (Fsp3) is 0.500. The number of hydrogen-bond donors (Lipinski definition) is 0. The molecule has 0 N–H and O–H groups in total. The van der Waals surface area contributed by atoms with Crippen LogP contribution in [0.4, 0.5) is 0 Å². The molecule has 4 nitrogen and oxygen atoms in total. The highest BCUT2D eigenvalue weighted by atomic mass is 16.6. The summed E-state index contributed by atoms with van der Waals surface area (Å²) in [5, 5.41) is 0. The van der Waals surface area contributed by atoms with Crippen LogP contribution in [0, 0.1) is 6.92 Å². The first kappa shape index (κ1) is 18.2. The molecule has 0 radical (unpaired) electrons. The van der Waals surface area contributed by atoms with Gasteiger partial charge in [0.2, 0.25) is 0 Å². The predicted octanol–water partition coefficient (Wildman–Crippen LogP) is 3.55. The molecule has 0 aliphatic carbocycles. The van der Waals surface area contributed by atoms with Gasteiger partial charge in [0.1, 0.15) is 17.6 Å². The summed E-state index contributed by atoms with van der Waals surface area (Å²) in [5.41, 5.74) is 0.896. The Labute approximate surface area is 121 Å². The molecular weight excluding hydrogens is 256 g/mol.